The maximum absolute atomic E-state index is 15.0. The average Bonchev–Trinajstić information content (AvgIpc) is 3.96. The highest BCUT2D eigenvalue weighted by Gasteiger charge is 2.78. The van der Waals surface area contributed by atoms with Crippen LogP contribution in [-0.2, 0) is 14.3 Å². The molecule has 9 heteroatoms. The molecule has 7 N–H and O–H groups in total. The zero-order chi connectivity index (χ0) is 38.8. The maximum Gasteiger partial charge on any atom is 0.162 e. The van der Waals surface area contributed by atoms with Gasteiger partial charge in [0.25, 0.3) is 0 Å². The number of carbonyl (C=O) groups is 1. The lowest BCUT2D eigenvalue weighted by Crippen LogP contribution is -2.67. The number of Topliss-reactive ketones (excluding diaryl/α,β-unsaturated/α-hetero) is 1. The van der Waals surface area contributed by atoms with Gasteiger partial charge in [-0.15, -0.1) is 0 Å². The summed E-state index contributed by atoms with van der Waals surface area (Å²) >= 11 is 0. The van der Waals surface area contributed by atoms with Crippen LogP contribution < -0.4 is 11.1 Å². The van der Waals surface area contributed by atoms with Crippen molar-refractivity contribution in [3.8, 4) is 0 Å². The van der Waals surface area contributed by atoms with Gasteiger partial charge in [-0.25, -0.2) is 0 Å². The molecule has 0 spiro atoms. The van der Waals surface area contributed by atoms with E-state index in [1.54, 1.807) is 0 Å². The van der Waals surface area contributed by atoms with Crippen molar-refractivity contribution in [2.75, 3.05) is 19.8 Å². The molecule has 14 unspecified atom stereocenters. The van der Waals surface area contributed by atoms with Gasteiger partial charge >= 0.3 is 0 Å². The van der Waals surface area contributed by atoms with E-state index in [-0.39, 0.29) is 47.6 Å². The lowest BCUT2D eigenvalue weighted by atomic mass is 9.39. The highest BCUT2D eigenvalue weighted by molar-refractivity contribution is 6.00. The van der Waals surface area contributed by atoms with Gasteiger partial charge in [0.05, 0.1) is 29.7 Å². The Hall–Kier alpha value is -1.75. The molecule has 6 aliphatic carbocycles. The Morgan fingerprint density at radius 2 is 1.80 bits per heavy atom. The summed E-state index contributed by atoms with van der Waals surface area (Å²) in [5, 5.41) is 51.5. The van der Waals surface area contributed by atoms with Crippen LogP contribution in [0.25, 0.3) is 0 Å². The fourth-order valence-electron chi connectivity index (χ4n) is 15.3. The number of allylic oxidation sites excluding steroid dienone is 3. The van der Waals surface area contributed by atoms with Crippen LogP contribution in [0, 0.1) is 51.8 Å². The first-order valence-corrected chi connectivity index (χ1v) is 22.4. The topological polar surface area (TPSA) is 158 Å². The number of hydrogen-bond donors (Lipinski definition) is 6. The van der Waals surface area contributed by atoms with Crippen LogP contribution in [0.15, 0.2) is 34.7 Å². The first-order valence-electron chi connectivity index (χ1n) is 22.4. The zero-order valence-electron chi connectivity index (χ0n) is 34.1. The van der Waals surface area contributed by atoms with Crippen molar-refractivity contribution in [3.63, 3.8) is 0 Å². The molecule has 2 saturated heterocycles. The monoisotopic (exact) mass is 763 g/mol. The third-order valence-corrected chi connectivity index (χ3v) is 18.5. The number of ether oxygens (including phenoxy) is 2. The molecule has 0 amide bonds. The molecule has 9 nitrogen and oxygen atoms in total. The summed E-state index contributed by atoms with van der Waals surface area (Å²) in [5.74, 6) is 1.79. The fraction of sp³-hybridized carbons (Fsp3) is 0.848. The van der Waals surface area contributed by atoms with Crippen LogP contribution in [0.3, 0.4) is 0 Å². The molecule has 4 saturated carbocycles. The number of aliphatic hydroxyl groups excluding tert-OH is 2. The molecule has 9 aliphatic rings. The Labute approximate surface area is 328 Å². The van der Waals surface area contributed by atoms with Crippen molar-refractivity contribution in [1.82, 2.24) is 5.32 Å². The first kappa shape index (κ1) is 38.8. The summed E-state index contributed by atoms with van der Waals surface area (Å²) in [6.07, 6.45) is 18.1. The molecule has 14 atom stereocenters. The minimum Gasteiger partial charge on any atom is -0.396 e. The summed E-state index contributed by atoms with van der Waals surface area (Å²) in [4.78, 5) is 15.0. The van der Waals surface area contributed by atoms with Crippen molar-refractivity contribution in [3.05, 3.63) is 34.7 Å². The Morgan fingerprint density at radius 1 is 1.02 bits per heavy atom. The Morgan fingerprint density at radius 3 is 2.53 bits per heavy atom. The van der Waals surface area contributed by atoms with Crippen LogP contribution in [0.2, 0.25) is 0 Å². The van der Waals surface area contributed by atoms with Crippen molar-refractivity contribution in [2.45, 2.75) is 172 Å². The van der Waals surface area contributed by atoms with Crippen molar-refractivity contribution >= 4 is 5.78 Å². The van der Waals surface area contributed by atoms with Gasteiger partial charge < -0.3 is 41.0 Å². The predicted octanol–water partition coefficient (Wildman–Crippen LogP) is 5.98. The zero-order valence-corrected chi connectivity index (χ0v) is 34.1. The normalized spacial score (nSPS) is 47.7. The van der Waals surface area contributed by atoms with Gasteiger partial charge in [0.2, 0.25) is 0 Å². The van der Waals surface area contributed by atoms with Crippen LogP contribution in [0.1, 0.15) is 137 Å². The molecule has 3 heterocycles. The quantitative estimate of drug-likeness (QED) is 0.156. The lowest BCUT2D eigenvalue weighted by Gasteiger charge is -2.66. The average molecular weight is 763 g/mol. The summed E-state index contributed by atoms with van der Waals surface area (Å²) in [5.41, 5.74) is 4.49. The number of nitrogens with two attached hydrogens (primary N) is 1. The van der Waals surface area contributed by atoms with Gasteiger partial charge in [0.15, 0.2) is 5.78 Å². The molecule has 6 fully saturated rings. The highest BCUT2D eigenvalue weighted by Crippen LogP contribution is 2.76. The molecular formula is C46H70N2O7. The van der Waals surface area contributed by atoms with Gasteiger partial charge in [0.1, 0.15) is 17.8 Å². The third kappa shape index (κ3) is 5.40. The molecular weight excluding hydrogens is 693 g/mol. The van der Waals surface area contributed by atoms with E-state index in [0.717, 1.165) is 87.3 Å². The SMILES string of the molecule is CC1CCOC(C2OC2C(C)(O)C(C)(CO)CCC2=CCNC(N)=C2)(C2CC3CCC4=C5C(CCC2(C)C53O)C2(C3CCCCC3)CCC(O)CC2C4=O)C1. The number of epoxide rings is 1. The van der Waals surface area contributed by atoms with Gasteiger partial charge in [-0.2, -0.15) is 0 Å². The summed E-state index contributed by atoms with van der Waals surface area (Å²) in [7, 11) is 0. The number of fused-ring (bicyclic) bond motifs is 2. The van der Waals surface area contributed by atoms with Crippen LogP contribution >= 0.6 is 0 Å². The molecule has 0 aromatic rings. The van der Waals surface area contributed by atoms with Crippen LogP contribution in [0.5, 0.6) is 0 Å². The number of rotatable bonds is 9. The molecule has 0 radical (unpaired) electrons. The smallest absolute Gasteiger partial charge is 0.162 e. The largest absolute Gasteiger partial charge is 0.396 e. The predicted molar refractivity (Wildman–Crippen MR) is 210 cm³/mol. The molecule has 0 aromatic carbocycles. The van der Waals surface area contributed by atoms with Crippen molar-refractivity contribution in [1.29, 1.82) is 0 Å². The Kier molecular flexibility index (Phi) is 9.43. The fourth-order valence-corrected chi connectivity index (χ4v) is 15.3. The molecule has 0 bridgehead atoms. The summed E-state index contributed by atoms with van der Waals surface area (Å²) in [6, 6.07) is 0. The number of nitrogens with one attached hydrogen (secondary N) is 1. The number of hydrogen-bond acceptors (Lipinski definition) is 9. The van der Waals surface area contributed by atoms with E-state index in [4.69, 9.17) is 15.2 Å². The van der Waals surface area contributed by atoms with Gasteiger partial charge in [-0.1, -0.05) is 46.1 Å². The van der Waals surface area contributed by atoms with Gasteiger partial charge in [-0.05, 0) is 155 Å². The van der Waals surface area contributed by atoms with Crippen LogP contribution in [-0.4, -0.2) is 81.1 Å². The second-order valence-electron chi connectivity index (χ2n) is 21.0. The minimum atomic E-state index is -1.34. The van der Waals surface area contributed by atoms with E-state index in [1.165, 1.54) is 19.3 Å². The van der Waals surface area contributed by atoms with E-state index in [2.05, 4.69) is 25.2 Å². The van der Waals surface area contributed by atoms with Gasteiger partial charge in [-0.3, -0.25) is 4.79 Å². The molecule has 0 aromatic heterocycles. The highest BCUT2D eigenvalue weighted by atomic mass is 16.6. The van der Waals surface area contributed by atoms with Crippen LogP contribution in [0.4, 0.5) is 0 Å². The molecule has 55 heavy (non-hydrogen) atoms. The lowest BCUT2D eigenvalue weighted by molar-refractivity contribution is -0.201. The van der Waals surface area contributed by atoms with Crippen molar-refractivity contribution in [2.24, 2.45) is 57.5 Å². The second kappa shape index (κ2) is 13.4. The minimum absolute atomic E-state index is 0.0172. The van der Waals surface area contributed by atoms with Gasteiger partial charge in [0, 0.05) is 29.9 Å². The summed E-state index contributed by atoms with van der Waals surface area (Å²) in [6.45, 7) is 9.54. The number of carbonyl (C=O) groups excluding carboxylic acids is 1. The molecule has 306 valence electrons. The van der Waals surface area contributed by atoms with Crippen molar-refractivity contribution < 1.29 is 34.7 Å². The third-order valence-electron chi connectivity index (χ3n) is 18.5. The molecule has 9 rings (SSSR count). The summed E-state index contributed by atoms with van der Waals surface area (Å²) < 4.78 is 13.9. The second-order valence-corrected chi connectivity index (χ2v) is 21.0. The Balaban J connectivity index is 1.07. The van der Waals surface area contributed by atoms with E-state index in [1.807, 2.05) is 19.9 Å². The van der Waals surface area contributed by atoms with E-state index in [9.17, 15) is 25.2 Å². The number of aliphatic hydroxyl groups is 4. The maximum atomic E-state index is 15.0. The van der Waals surface area contributed by atoms with E-state index in [0.29, 0.717) is 50.1 Å². The number of ketones is 1. The standard InChI is InChI=1S/C46H70N2O7/c1-27-16-21-54-45(25-27,40-39(55-40)43(4,52)41(2,26-49)17-12-28-15-20-48-36(47)22-28)35-23-30-10-11-32-37-33(14-18-42(35,3)46(30,37)53)44(29-8-6-5-7-9-29)19-13-31(50)24-34(44)38(32)51/h15,22,27,29-31,33-35,39-40,48-50,52-53H,5-14,16-21,23-26,47H2,1-4H3. The Bertz CT molecular complexity index is 1650. The molecule has 3 aliphatic heterocycles. The van der Waals surface area contributed by atoms with E-state index >= 15 is 0 Å². The first-order chi connectivity index (χ1) is 26.2. The van der Waals surface area contributed by atoms with E-state index < -0.39 is 39.8 Å². The number of dihydropyridines is 1.